The van der Waals surface area contributed by atoms with E-state index in [9.17, 15) is 22.8 Å². The number of nitrogens with zero attached hydrogens (tertiary/aromatic N) is 2. The Kier molecular flexibility index (Phi) is 10.6. The topological polar surface area (TPSA) is 85.8 Å². The van der Waals surface area contributed by atoms with Gasteiger partial charge in [0.1, 0.15) is 6.04 Å². The van der Waals surface area contributed by atoms with E-state index in [1.807, 2.05) is 57.3 Å². The van der Waals surface area contributed by atoms with Crippen LogP contribution in [0, 0.1) is 0 Å². The van der Waals surface area contributed by atoms with E-state index in [2.05, 4.69) is 16.0 Å². The summed E-state index contributed by atoms with van der Waals surface area (Å²) >= 11 is 5.99. The number of hydrogen-bond acceptors (Lipinski definition) is 5. The third-order valence-electron chi connectivity index (χ3n) is 7.69. The van der Waals surface area contributed by atoms with E-state index in [-0.39, 0.29) is 36.4 Å². The first-order valence-electron chi connectivity index (χ1n) is 14.6. The van der Waals surface area contributed by atoms with Gasteiger partial charge in [-0.1, -0.05) is 61.8 Å². The molecule has 2 heterocycles. The molecule has 4 rings (SSSR count). The molecule has 0 aliphatic carbocycles. The summed E-state index contributed by atoms with van der Waals surface area (Å²) in [5.41, 5.74) is 2.29. The minimum atomic E-state index is -4.60. The molecule has 0 bridgehead atoms. The first-order valence-corrected chi connectivity index (χ1v) is 15.0. The molecule has 2 aromatic carbocycles. The second-order valence-electron chi connectivity index (χ2n) is 11.5. The van der Waals surface area contributed by atoms with Gasteiger partial charge in [0, 0.05) is 31.6 Å². The molecular formula is C32H39ClF3N5O2. The molecule has 2 amide bonds. The highest BCUT2D eigenvalue weighted by atomic mass is 35.5. The fraction of sp³-hybridized carbons (Fsp3) is 0.469. The smallest absolute Gasteiger partial charge is 0.382 e. The second kappa shape index (κ2) is 13.9. The number of carbonyl (C=O) groups excluding carboxylic acids is 2. The Morgan fingerprint density at radius 1 is 1.12 bits per heavy atom. The van der Waals surface area contributed by atoms with Crippen molar-refractivity contribution in [2.45, 2.75) is 89.8 Å². The van der Waals surface area contributed by atoms with Gasteiger partial charge >= 0.3 is 6.18 Å². The normalized spacial score (nSPS) is 20.3. The lowest BCUT2D eigenvalue weighted by Gasteiger charge is -2.34. The number of benzene rings is 2. The summed E-state index contributed by atoms with van der Waals surface area (Å²) in [6.07, 6.45) is -0.592. The summed E-state index contributed by atoms with van der Waals surface area (Å²) in [5, 5.41) is 8.92. The van der Waals surface area contributed by atoms with Crippen LogP contribution in [0.15, 0.2) is 65.4 Å². The Hall–Kier alpha value is -3.37. The van der Waals surface area contributed by atoms with E-state index in [0.717, 1.165) is 29.5 Å². The van der Waals surface area contributed by atoms with Crippen LogP contribution in [0.1, 0.15) is 57.2 Å². The van der Waals surface area contributed by atoms with Crippen molar-refractivity contribution in [2.75, 3.05) is 6.54 Å². The zero-order chi connectivity index (χ0) is 31.3. The summed E-state index contributed by atoms with van der Waals surface area (Å²) in [6, 6.07) is 11.5. The quantitative estimate of drug-likeness (QED) is 0.339. The number of likely N-dealkylation sites (tertiary alicyclic amines) is 1. The summed E-state index contributed by atoms with van der Waals surface area (Å²) < 4.78 is 39.9. The molecule has 232 valence electrons. The molecule has 11 heteroatoms. The number of hydrogen-bond donors (Lipinski definition) is 3. The highest BCUT2D eigenvalue weighted by Gasteiger charge is 2.39. The number of allylic oxidation sites excluding steroid dienone is 1. The molecule has 2 unspecified atom stereocenters. The molecule has 2 aliphatic heterocycles. The van der Waals surface area contributed by atoms with Gasteiger partial charge in [-0.25, -0.2) is 0 Å². The largest absolute Gasteiger partial charge is 0.417 e. The van der Waals surface area contributed by atoms with E-state index in [1.165, 1.54) is 12.1 Å². The first-order chi connectivity index (χ1) is 20.3. The molecule has 4 atom stereocenters. The van der Waals surface area contributed by atoms with Gasteiger partial charge in [-0.05, 0) is 49.9 Å². The monoisotopic (exact) mass is 617 g/mol. The molecular weight excluding hydrogens is 579 g/mol. The van der Waals surface area contributed by atoms with Crippen molar-refractivity contribution in [3.8, 4) is 0 Å². The highest BCUT2D eigenvalue weighted by molar-refractivity contribution is 6.31. The summed E-state index contributed by atoms with van der Waals surface area (Å²) in [7, 11) is 0. The highest BCUT2D eigenvalue weighted by Crippen LogP contribution is 2.35. The van der Waals surface area contributed by atoms with Crippen molar-refractivity contribution in [1.29, 1.82) is 0 Å². The van der Waals surface area contributed by atoms with E-state index in [0.29, 0.717) is 24.9 Å². The Balaban J connectivity index is 1.59. The van der Waals surface area contributed by atoms with Crippen LogP contribution in [0.25, 0.3) is 0 Å². The molecule has 0 saturated carbocycles. The molecule has 0 spiro atoms. The third kappa shape index (κ3) is 8.38. The molecule has 0 aromatic heterocycles. The van der Waals surface area contributed by atoms with Crippen LogP contribution < -0.4 is 16.0 Å². The molecule has 2 aromatic rings. The summed E-state index contributed by atoms with van der Waals surface area (Å²) in [6.45, 7) is 8.00. The summed E-state index contributed by atoms with van der Waals surface area (Å²) in [4.78, 5) is 34.0. The maximum atomic E-state index is 14.2. The first kappa shape index (κ1) is 32.5. The van der Waals surface area contributed by atoms with Gasteiger partial charge in [-0.2, -0.15) is 13.2 Å². The zero-order valence-electron chi connectivity index (χ0n) is 24.8. The molecule has 2 aliphatic rings. The van der Waals surface area contributed by atoms with Gasteiger partial charge in [0.25, 0.3) is 0 Å². The Morgan fingerprint density at radius 2 is 1.84 bits per heavy atom. The van der Waals surface area contributed by atoms with Crippen molar-refractivity contribution in [2.24, 2.45) is 4.99 Å². The molecule has 7 nitrogen and oxygen atoms in total. The van der Waals surface area contributed by atoms with Crippen molar-refractivity contribution in [1.82, 2.24) is 20.9 Å². The van der Waals surface area contributed by atoms with Gasteiger partial charge in [0.2, 0.25) is 11.8 Å². The predicted octanol–water partition coefficient (Wildman–Crippen LogP) is 5.28. The maximum Gasteiger partial charge on any atom is 0.417 e. The number of alkyl halides is 3. The summed E-state index contributed by atoms with van der Waals surface area (Å²) in [5.74, 6) is -0.684. The van der Waals surface area contributed by atoms with Crippen molar-refractivity contribution in [3.63, 3.8) is 0 Å². The van der Waals surface area contributed by atoms with Crippen molar-refractivity contribution in [3.05, 3.63) is 82.1 Å². The van der Waals surface area contributed by atoms with Gasteiger partial charge < -0.3 is 20.9 Å². The van der Waals surface area contributed by atoms with Crippen LogP contribution in [0.5, 0.6) is 0 Å². The van der Waals surface area contributed by atoms with Gasteiger partial charge in [0.15, 0.2) is 0 Å². The van der Waals surface area contributed by atoms with Crippen LogP contribution in [-0.4, -0.2) is 59.2 Å². The minimum Gasteiger partial charge on any atom is -0.382 e. The van der Waals surface area contributed by atoms with Gasteiger partial charge in [-0.15, -0.1) is 0 Å². The molecule has 0 radical (unpaired) electrons. The Morgan fingerprint density at radius 3 is 2.49 bits per heavy atom. The number of carbonyl (C=O) groups is 2. The molecule has 43 heavy (non-hydrogen) atoms. The lowest BCUT2D eigenvalue weighted by molar-refractivity contribution is -0.137. The van der Waals surface area contributed by atoms with E-state index in [1.54, 1.807) is 11.8 Å². The average Bonchev–Trinajstić information content (AvgIpc) is 3.42. The van der Waals surface area contributed by atoms with Crippen LogP contribution in [-0.2, 0) is 28.6 Å². The lowest BCUT2D eigenvalue weighted by atomic mass is 9.98. The second-order valence-corrected chi connectivity index (χ2v) is 11.9. The van der Waals surface area contributed by atoms with E-state index >= 15 is 0 Å². The van der Waals surface area contributed by atoms with Crippen molar-refractivity contribution < 1.29 is 22.8 Å². The zero-order valence-corrected chi connectivity index (χ0v) is 25.6. The minimum absolute atomic E-state index is 0.0144. The number of aliphatic imine (C=N–C) groups is 1. The van der Waals surface area contributed by atoms with Crippen LogP contribution in [0.4, 0.5) is 13.2 Å². The fourth-order valence-corrected chi connectivity index (χ4v) is 5.93. The SMILES string of the molecule is CC(C)N[C@H](C)C(=O)N[C@H](Cc1ccc(C(F)(F)F)c(Cl)c1)C(=O)N1CCCC1C1=NC(Cc2ccccc2)=CNC1C. The van der Waals surface area contributed by atoms with Gasteiger partial charge in [0.05, 0.1) is 40.1 Å². The Labute approximate surface area is 256 Å². The maximum absolute atomic E-state index is 14.2. The van der Waals surface area contributed by atoms with Crippen LogP contribution in [0.2, 0.25) is 5.02 Å². The fourth-order valence-electron chi connectivity index (χ4n) is 5.62. The third-order valence-corrected chi connectivity index (χ3v) is 8.00. The lowest BCUT2D eigenvalue weighted by Crippen LogP contribution is -2.57. The number of halogens is 4. The molecule has 3 N–H and O–H groups in total. The predicted molar refractivity (Wildman–Crippen MR) is 163 cm³/mol. The standard InChI is InChI=1S/C32H39ClF3N5O2/c1-19(2)38-21(4)30(42)40-27(17-23-12-13-25(26(33)16-23)32(34,35)36)31(43)41-14-8-11-28(41)29-20(3)37-18-24(39-29)15-22-9-6-5-7-10-22/h5-7,9-10,12-13,16,18-21,27-28,37-38H,8,11,14-15,17H2,1-4H3,(H,40,42)/t20?,21-,27-,28?/m1/s1. The van der Waals surface area contributed by atoms with Gasteiger partial charge in [-0.3, -0.25) is 14.6 Å². The van der Waals surface area contributed by atoms with Crippen LogP contribution in [0.3, 0.4) is 0 Å². The number of nitrogens with one attached hydrogen (secondary N) is 3. The van der Waals surface area contributed by atoms with Crippen molar-refractivity contribution >= 4 is 29.1 Å². The average molecular weight is 618 g/mol. The molecule has 1 saturated heterocycles. The Bertz CT molecular complexity index is 1360. The van der Waals surface area contributed by atoms with E-state index in [4.69, 9.17) is 16.6 Å². The van der Waals surface area contributed by atoms with Crippen LogP contribution >= 0.6 is 11.6 Å². The number of rotatable bonds is 10. The number of amides is 2. The van der Waals surface area contributed by atoms with E-state index < -0.39 is 28.8 Å². The molecule has 1 fully saturated rings.